The molecule has 1 aliphatic rings. The Hall–Kier alpha value is -1.61. The zero-order valence-corrected chi connectivity index (χ0v) is 21.4. The third-order valence-electron chi connectivity index (χ3n) is 5.73. The lowest BCUT2D eigenvalue weighted by molar-refractivity contribution is -0.113. The molecular formula is C24H29N3O2S3. The summed E-state index contributed by atoms with van der Waals surface area (Å²) in [5, 5.41) is 5.84. The standard InChI is InChI=1S/C24H29N3O2S3/c1-5-11-30-23-26-21(31-14-19(28)25-17-10-8-7-9-15(17)3)20-16-12-24(4,6-2)29-13-18(16)32-22(20)27-23/h7-10H,5-6,11-14H2,1-4H3,(H,25,28)/t24-/m0/s1. The molecule has 3 aromatic rings. The van der Waals surface area contributed by atoms with Gasteiger partial charge in [-0.3, -0.25) is 4.79 Å². The second kappa shape index (κ2) is 10.1. The maximum atomic E-state index is 12.7. The number of benzene rings is 1. The normalized spacial score (nSPS) is 18.0. The molecule has 32 heavy (non-hydrogen) atoms. The molecule has 0 bridgehead atoms. The average molecular weight is 488 g/mol. The van der Waals surface area contributed by atoms with Gasteiger partial charge < -0.3 is 10.1 Å². The topological polar surface area (TPSA) is 64.1 Å². The third-order valence-corrected chi connectivity index (χ3v) is 8.85. The molecule has 0 unspecified atom stereocenters. The number of hydrogen-bond donors (Lipinski definition) is 1. The first-order chi connectivity index (χ1) is 15.4. The Kier molecular flexibility index (Phi) is 7.44. The number of carbonyl (C=O) groups excluding carboxylic acids is 1. The van der Waals surface area contributed by atoms with Gasteiger partial charge in [-0.1, -0.05) is 55.6 Å². The van der Waals surface area contributed by atoms with E-state index >= 15 is 0 Å². The van der Waals surface area contributed by atoms with E-state index in [1.807, 2.05) is 31.2 Å². The van der Waals surface area contributed by atoms with Crippen molar-refractivity contribution in [3.63, 3.8) is 0 Å². The minimum absolute atomic E-state index is 0.0235. The minimum atomic E-state index is -0.166. The number of para-hydroxylation sites is 1. The van der Waals surface area contributed by atoms with Crippen molar-refractivity contribution >= 4 is 56.7 Å². The first kappa shape index (κ1) is 23.5. The summed E-state index contributed by atoms with van der Waals surface area (Å²) in [5.74, 6) is 1.26. The maximum Gasteiger partial charge on any atom is 0.234 e. The van der Waals surface area contributed by atoms with Crippen LogP contribution in [0.3, 0.4) is 0 Å². The van der Waals surface area contributed by atoms with Gasteiger partial charge in [-0.2, -0.15) is 0 Å². The molecule has 0 saturated carbocycles. The summed E-state index contributed by atoms with van der Waals surface area (Å²) >= 11 is 4.89. The molecule has 1 aliphatic heterocycles. The van der Waals surface area contributed by atoms with Crippen LogP contribution in [0.4, 0.5) is 5.69 Å². The van der Waals surface area contributed by atoms with Crippen LogP contribution in [0.2, 0.25) is 0 Å². The van der Waals surface area contributed by atoms with Crippen molar-refractivity contribution in [1.29, 1.82) is 0 Å². The highest BCUT2D eigenvalue weighted by atomic mass is 32.2. The number of nitrogens with one attached hydrogen (secondary N) is 1. The second-order valence-corrected chi connectivity index (χ2v) is 11.4. The van der Waals surface area contributed by atoms with Crippen LogP contribution >= 0.6 is 34.9 Å². The number of carbonyl (C=O) groups is 1. The molecule has 0 fully saturated rings. The summed E-state index contributed by atoms with van der Waals surface area (Å²) in [6.45, 7) is 9.12. The molecular weight excluding hydrogens is 458 g/mol. The molecule has 4 rings (SSSR count). The number of anilines is 1. The molecule has 3 heterocycles. The van der Waals surface area contributed by atoms with Gasteiger partial charge in [0.2, 0.25) is 5.91 Å². The van der Waals surface area contributed by atoms with E-state index in [0.717, 1.165) is 56.7 Å². The fraction of sp³-hybridized carbons (Fsp3) is 0.458. The van der Waals surface area contributed by atoms with E-state index in [-0.39, 0.29) is 11.5 Å². The van der Waals surface area contributed by atoms with Crippen LogP contribution < -0.4 is 5.32 Å². The lowest BCUT2D eigenvalue weighted by atomic mass is 9.90. The SMILES string of the molecule is CCCSc1nc(SCC(=O)Nc2ccccc2C)c2c3c(sc2n1)CO[C@@](C)(CC)C3. The average Bonchev–Trinajstić information content (AvgIpc) is 3.15. The fourth-order valence-corrected chi connectivity index (χ4v) is 6.48. The van der Waals surface area contributed by atoms with Gasteiger partial charge in [0.15, 0.2) is 5.16 Å². The quantitative estimate of drug-likeness (QED) is 0.223. The molecule has 170 valence electrons. The van der Waals surface area contributed by atoms with Crippen molar-refractivity contribution in [2.45, 2.75) is 69.3 Å². The maximum absolute atomic E-state index is 12.7. The van der Waals surface area contributed by atoms with Crippen LogP contribution in [-0.4, -0.2) is 33.0 Å². The molecule has 2 aromatic heterocycles. The van der Waals surface area contributed by atoms with Crippen molar-refractivity contribution in [2.75, 3.05) is 16.8 Å². The number of aryl methyl sites for hydroxylation is 1. The van der Waals surface area contributed by atoms with Crippen LogP contribution in [0, 0.1) is 6.92 Å². The number of ether oxygens (including phenoxy) is 1. The van der Waals surface area contributed by atoms with Crippen molar-refractivity contribution in [1.82, 2.24) is 9.97 Å². The first-order valence-electron chi connectivity index (χ1n) is 11.0. The second-order valence-electron chi connectivity index (χ2n) is 8.26. The fourth-order valence-electron chi connectivity index (χ4n) is 3.64. The van der Waals surface area contributed by atoms with E-state index < -0.39 is 0 Å². The summed E-state index contributed by atoms with van der Waals surface area (Å²) in [7, 11) is 0. The van der Waals surface area contributed by atoms with E-state index in [4.69, 9.17) is 14.7 Å². The number of thiophene rings is 1. The van der Waals surface area contributed by atoms with Crippen molar-refractivity contribution in [2.24, 2.45) is 0 Å². The monoisotopic (exact) mass is 487 g/mol. The lowest BCUT2D eigenvalue weighted by Crippen LogP contribution is -2.33. The number of amides is 1. The Morgan fingerprint density at radius 2 is 2.06 bits per heavy atom. The zero-order chi connectivity index (χ0) is 22.7. The molecule has 1 amide bonds. The van der Waals surface area contributed by atoms with Crippen molar-refractivity contribution in [3.05, 3.63) is 40.3 Å². The molecule has 0 radical (unpaired) electrons. The highest BCUT2D eigenvalue weighted by Gasteiger charge is 2.33. The number of fused-ring (bicyclic) bond motifs is 3. The molecule has 1 N–H and O–H groups in total. The summed E-state index contributed by atoms with van der Waals surface area (Å²) in [6.07, 6.45) is 2.87. The van der Waals surface area contributed by atoms with Crippen molar-refractivity contribution in [3.8, 4) is 0 Å². The summed E-state index contributed by atoms with van der Waals surface area (Å²) in [5.41, 5.74) is 3.04. The van der Waals surface area contributed by atoms with Crippen LogP contribution in [0.5, 0.6) is 0 Å². The highest BCUT2D eigenvalue weighted by Crippen LogP contribution is 2.43. The van der Waals surface area contributed by atoms with E-state index in [2.05, 4.69) is 26.1 Å². The van der Waals surface area contributed by atoms with Gasteiger partial charge in [0.1, 0.15) is 9.86 Å². The smallest absolute Gasteiger partial charge is 0.234 e. The zero-order valence-electron chi connectivity index (χ0n) is 19.0. The number of thioether (sulfide) groups is 2. The van der Waals surface area contributed by atoms with E-state index in [1.165, 1.54) is 22.2 Å². The van der Waals surface area contributed by atoms with Gasteiger partial charge in [-0.25, -0.2) is 9.97 Å². The Morgan fingerprint density at radius 1 is 1.25 bits per heavy atom. The van der Waals surface area contributed by atoms with Crippen LogP contribution in [0.25, 0.3) is 10.2 Å². The highest BCUT2D eigenvalue weighted by molar-refractivity contribution is 8.00. The molecule has 1 aromatic carbocycles. The molecule has 1 atom stereocenters. The summed E-state index contributed by atoms with van der Waals surface area (Å²) < 4.78 is 6.17. The van der Waals surface area contributed by atoms with Gasteiger partial charge >= 0.3 is 0 Å². The Bertz CT molecular complexity index is 1130. The van der Waals surface area contributed by atoms with Gasteiger partial charge in [0, 0.05) is 28.1 Å². The largest absolute Gasteiger partial charge is 0.369 e. The molecule has 8 heteroatoms. The first-order valence-corrected chi connectivity index (χ1v) is 13.8. The Balaban J connectivity index is 1.63. The number of aromatic nitrogens is 2. The molecule has 0 aliphatic carbocycles. The molecule has 5 nitrogen and oxygen atoms in total. The third kappa shape index (κ3) is 5.14. The Labute approximate surface area is 202 Å². The van der Waals surface area contributed by atoms with Crippen LogP contribution in [-0.2, 0) is 22.6 Å². The van der Waals surface area contributed by atoms with Crippen LogP contribution in [0.15, 0.2) is 34.4 Å². The van der Waals surface area contributed by atoms with E-state index in [1.54, 1.807) is 23.1 Å². The van der Waals surface area contributed by atoms with Gasteiger partial charge in [-0.15, -0.1) is 11.3 Å². The summed E-state index contributed by atoms with van der Waals surface area (Å²) in [4.78, 5) is 24.7. The van der Waals surface area contributed by atoms with E-state index in [0.29, 0.717) is 12.4 Å². The van der Waals surface area contributed by atoms with E-state index in [9.17, 15) is 4.79 Å². The lowest BCUT2D eigenvalue weighted by Gasteiger charge is -2.33. The van der Waals surface area contributed by atoms with Gasteiger partial charge in [0.25, 0.3) is 0 Å². The number of nitrogens with zero attached hydrogens (tertiary/aromatic N) is 2. The van der Waals surface area contributed by atoms with Crippen molar-refractivity contribution < 1.29 is 9.53 Å². The minimum Gasteiger partial charge on any atom is -0.369 e. The number of hydrogen-bond acceptors (Lipinski definition) is 7. The van der Waals surface area contributed by atoms with Gasteiger partial charge in [-0.05, 0) is 43.9 Å². The Morgan fingerprint density at radius 3 is 2.81 bits per heavy atom. The predicted octanol–water partition coefficient (Wildman–Crippen LogP) is 6.47. The van der Waals surface area contributed by atoms with Crippen LogP contribution in [0.1, 0.15) is 49.6 Å². The summed E-state index contributed by atoms with van der Waals surface area (Å²) in [6, 6.07) is 7.84. The molecule has 0 spiro atoms. The van der Waals surface area contributed by atoms with Gasteiger partial charge in [0.05, 0.1) is 18.0 Å². The number of rotatable bonds is 8. The molecule has 0 saturated heterocycles. The predicted molar refractivity (Wildman–Crippen MR) is 136 cm³/mol.